The van der Waals surface area contributed by atoms with E-state index in [1.807, 2.05) is 6.92 Å². The van der Waals surface area contributed by atoms with E-state index >= 15 is 0 Å². The van der Waals surface area contributed by atoms with Gasteiger partial charge in [-0.2, -0.15) is 0 Å². The average molecular weight is 115 g/mol. The maximum absolute atomic E-state index is 4.70. The van der Waals surface area contributed by atoms with E-state index in [1.165, 1.54) is 0 Å². The molecule has 0 aromatic heterocycles. The quantitative estimate of drug-likeness (QED) is 0.404. The maximum Gasteiger partial charge on any atom is 0.114 e. The number of rotatable bonds is 4. The molecule has 0 aliphatic heterocycles. The second-order valence-corrected chi connectivity index (χ2v) is 1.49. The summed E-state index contributed by atoms with van der Waals surface area (Å²) in [6.45, 7) is 4.70. The Balaban J connectivity index is 2.83. The monoisotopic (exact) mass is 115 g/mol. The molecule has 0 spiro atoms. The van der Waals surface area contributed by atoms with Crippen LogP contribution in [-0.4, -0.2) is 12.8 Å². The van der Waals surface area contributed by atoms with Crippen molar-refractivity contribution in [2.75, 3.05) is 6.61 Å². The van der Waals surface area contributed by atoms with E-state index in [2.05, 4.69) is 12.1 Å². The zero-order valence-corrected chi connectivity index (χ0v) is 5.55. The molecule has 0 saturated heterocycles. The normalized spacial score (nSPS) is 10.2. The fraction of sp³-hybridized carbons (Fsp3) is 0.833. The van der Waals surface area contributed by atoms with Crippen molar-refractivity contribution in [2.45, 2.75) is 26.7 Å². The van der Waals surface area contributed by atoms with Crippen LogP contribution in [0.1, 0.15) is 26.7 Å². The highest BCUT2D eigenvalue weighted by Gasteiger charge is 1.71. The van der Waals surface area contributed by atoms with Crippen molar-refractivity contribution >= 4 is 6.21 Å². The molecule has 0 heterocycles. The highest BCUT2D eigenvalue weighted by molar-refractivity contribution is 5.55. The Kier molecular flexibility index (Phi) is 6.04. The van der Waals surface area contributed by atoms with Gasteiger partial charge in [-0.25, -0.2) is 0 Å². The number of nitrogens with zero attached hydrogens (tertiary/aromatic N) is 1. The average Bonchev–Trinajstić information content (AvgIpc) is 1.81. The van der Waals surface area contributed by atoms with Gasteiger partial charge in [0.1, 0.15) is 6.61 Å². The predicted octanol–water partition coefficient (Wildman–Crippen LogP) is 1.81. The Morgan fingerprint density at radius 2 is 2.25 bits per heavy atom. The molecule has 0 atom stereocenters. The fourth-order valence-electron chi connectivity index (χ4n) is 0.309. The second kappa shape index (κ2) is 6.47. The van der Waals surface area contributed by atoms with Crippen LogP contribution in [0, 0.1) is 0 Å². The van der Waals surface area contributed by atoms with Gasteiger partial charge in [0.2, 0.25) is 0 Å². The molecule has 0 aliphatic rings. The van der Waals surface area contributed by atoms with E-state index in [0.717, 1.165) is 12.8 Å². The summed E-state index contributed by atoms with van der Waals surface area (Å²) >= 11 is 0. The van der Waals surface area contributed by atoms with Crippen molar-refractivity contribution in [1.82, 2.24) is 0 Å². The van der Waals surface area contributed by atoms with Gasteiger partial charge in [-0.05, 0) is 13.3 Å². The molecule has 48 valence electrons. The van der Waals surface area contributed by atoms with Crippen molar-refractivity contribution in [1.29, 1.82) is 0 Å². The molecule has 0 aromatic carbocycles. The Labute approximate surface area is 50.5 Å². The third-order valence-corrected chi connectivity index (χ3v) is 0.696. The van der Waals surface area contributed by atoms with Gasteiger partial charge in [-0.3, -0.25) is 0 Å². The van der Waals surface area contributed by atoms with Gasteiger partial charge >= 0.3 is 0 Å². The number of hydrogen-bond acceptors (Lipinski definition) is 2. The molecule has 0 unspecified atom stereocenters. The molecule has 0 saturated carbocycles. The Hall–Kier alpha value is -0.530. The lowest BCUT2D eigenvalue weighted by Gasteiger charge is -1.87. The van der Waals surface area contributed by atoms with Crippen molar-refractivity contribution in [3.8, 4) is 0 Å². The molecular formula is C6H13NO. The molecule has 2 heteroatoms. The first-order valence-electron chi connectivity index (χ1n) is 3.05. The van der Waals surface area contributed by atoms with E-state index in [0.29, 0.717) is 6.61 Å². The van der Waals surface area contributed by atoms with Crippen LogP contribution in [0.25, 0.3) is 0 Å². The van der Waals surface area contributed by atoms with Crippen molar-refractivity contribution in [2.24, 2.45) is 5.16 Å². The highest BCUT2D eigenvalue weighted by atomic mass is 16.6. The van der Waals surface area contributed by atoms with Gasteiger partial charge in [-0.15, -0.1) is 0 Å². The molecule has 0 fully saturated rings. The molecule has 2 nitrogen and oxygen atoms in total. The van der Waals surface area contributed by atoms with Crippen LogP contribution in [0.15, 0.2) is 5.16 Å². The molecule has 0 aromatic rings. The van der Waals surface area contributed by atoms with Crippen LogP contribution in [0.3, 0.4) is 0 Å². The van der Waals surface area contributed by atoms with E-state index < -0.39 is 0 Å². The van der Waals surface area contributed by atoms with Gasteiger partial charge < -0.3 is 4.84 Å². The van der Waals surface area contributed by atoms with E-state index in [9.17, 15) is 0 Å². The first-order chi connectivity index (χ1) is 3.91. The zero-order chi connectivity index (χ0) is 6.24. The topological polar surface area (TPSA) is 21.6 Å². The number of unbranched alkanes of at least 4 members (excludes halogenated alkanes) is 1. The summed E-state index contributed by atoms with van der Waals surface area (Å²) in [6, 6.07) is 0. The van der Waals surface area contributed by atoms with Crippen LogP contribution >= 0.6 is 0 Å². The zero-order valence-electron chi connectivity index (χ0n) is 5.55. The third-order valence-electron chi connectivity index (χ3n) is 0.696. The summed E-state index contributed by atoms with van der Waals surface area (Å²) in [4.78, 5) is 4.70. The summed E-state index contributed by atoms with van der Waals surface area (Å²) in [5, 5.41) is 3.65. The minimum absolute atomic E-state index is 0.667. The Bertz CT molecular complexity index is 53.5. The summed E-state index contributed by atoms with van der Waals surface area (Å²) in [5.74, 6) is 0. The van der Waals surface area contributed by atoms with Crippen LogP contribution < -0.4 is 0 Å². The number of hydrogen-bond donors (Lipinski definition) is 0. The fourth-order valence-corrected chi connectivity index (χ4v) is 0.309. The highest BCUT2D eigenvalue weighted by Crippen LogP contribution is 1.81. The third kappa shape index (κ3) is 5.47. The van der Waals surface area contributed by atoms with Gasteiger partial charge in [0.25, 0.3) is 0 Å². The minimum Gasteiger partial charge on any atom is -0.396 e. The van der Waals surface area contributed by atoms with Crippen LogP contribution in [0.5, 0.6) is 0 Å². The van der Waals surface area contributed by atoms with Crippen LogP contribution in [0.2, 0.25) is 0 Å². The smallest absolute Gasteiger partial charge is 0.114 e. The lowest BCUT2D eigenvalue weighted by molar-refractivity contribution is 0.160. The Morgan fingerprint density at radius 3 is 2.75 bits per heavy atom. The SMILES string of the molecule is CCCC=NOCC. The number of oxime groups is 1. The van der Waals surface area contributed by atoms with E-state index in [-0.39, 0.29) is 0 Å². The predicted molar refractivity (Wildman–Crippen MR) is 35.0 cm³/mol. The molecule has 0 N–H and O–H groups in total. The lowest BCUT2D eigenvalue weighted by atomic mass is 10.4. The maximum atomic E-state index is 4.70. The minimum atomic E-state index is 0.667. The van der Waals surface area contributed by atoms with Gasteiger partial charge in [0, 0.05) is 6.21 Å². The largest absolute Gasteiger partial charge is 0.396 e. The lowest BCUT2D eigenvalue weighted by Crippen LogP contribution is -1.79. The van der Waals surface area contributed by atoms with E-state index in [1.54, 1.807) is 6.21 Å². The van der Waals surface area contributed by atoms with Gasteiger partial charge in [0.15, 0.2) is 0 Å². The second-order valence-electron chi connectivity index (χ2n) is 1.49. The van der Waals surface area contributed by atoms with Crippen molar-refractivity contribution in [3.05, 3.63) is 0 Å². The molecule has 0 aliphatic carbocycles. The van der Waals surface area contributed by atoms with Gasteiger partial charge in [0.05, 0.1) is 0 Å². The molecule has 0 amide bonds. The molecule has 8 heavy (non-hydrogen) atoms. The summed E-state index contributed by atoms with van der Waals surface area (Å²) < 4.78 is 0. The first kappa shape index (κ1) is 7.47. The molecule has 0 radical (unpaired) electrons. The molecular weight excluding hydrogens is 102 g/mol. The van der Waals surface area contributed by atoms with Crippen molar-refractivity contribution < 1.29 is 4.84 Å². The molecule has 0 rings (SSSR count). The van der Waals surface area contributed by atoms with Crippen LogP contribution in [-0.2, 0) is 4.84 Å². The van der Waals surface area contributed by atoms with E-state index in [4.69, 9.17) is 4.84 Å². The summed E-state index contributed by atoms with van der Waals surface area (Å²) in [5.41, 5.74) is 0. The summed E-state index contributed by atoms with van der Waals surface area (Å²) in [7, 11) is 0. The Morgan fingerprint density at radius 1 is 1.50 bits per heavy atom. The molecule has 0 bridgehead atoms. The van der Waals surface area contributed by atoms with Crippen molar-refractivity contribution in [3.63, 3.8) is 0 Å². The first-order valence-corrected chi connectivity index (χ1v) is 3.05. The van der Waals surface area contributed by atoms with Gasteiger partial charge in [-0.1, -0.05) is 18.5 Å². The summed E-state index contributed by atoms with van der Waals surface area (Å²) in [6.07, 6.45) is 3.94. The van der Waals surface area contributed by atoms with Crippen LogP contribution in [0.4, 0.5) is 0 Å². The standard InChI is InChI=1S/C6H13NO/c1-3-5-6-7-8-4-2/h6H,3-5H2,1-2H3.